The summed E-state index contributed by atoms with van der Waals surface area (Å²) in [6, 6.07) is 0. The SMILES string of the molecule is CNCCCN(C)CCC1CCCCC1. The van der Waals surface area contributed by atoms with Gasteiger partial charge in [0.2, 0.25) is 0 Å². The van der Waals surface area contributed by atoms with Crippen LogP contribution < -0.4 is 5.32 Å². The van der Waals surface area contributed by atoms with Gasteiger partial charge in [0.15, 0.2) is 0 Å². The van der Waals surface area contributed by atoms with Gasteiger partial charge in [-0.15, -0.1) is 0 Å². The van der Waals surface area contributed by atoms with Crippen LogP contribution in [-0.2, 0) is 0 Å². The van der Waals surface area contributed by atoms with Gasteiger partial charge < -0.3 is 10.2 Å². The van der Waals surface area contributed by atoms with Crippen molar-refractivity contribution in [2.24, 2.45) is 5.92 Å². The maximum atomic E-state index is 3.20. The van der Waals surface area contributed by atoms with Crippen LogP contribution in [0.4, 0.5) is 0 Å². The lowest BCUT2D eigenvalue weighted by Gasteiger charge is -2.24. The molecule has 0 heterocycles. The van der Waals surface area contributed by atoms with Crippen molar-refractivity contribution in [1.82, 2.24) is 10.2 Å². The van der Waals surface area contributed by atoms with E-state index in [0.717, 1.165) is 12.5 Å². The molecule has 1 aliphatic rings. The normalized spacial score (nSPS) is 18.6. The molecule has 0 saturated heterocycles. The summed E-state index contributed by atoms with van der Waals surface area (Å²) in [5, 5.41) is 3.20. The molecule has 0 radical (unpaired) electrons. The second kappa shape index (κ2) is 8.12. The monoisotopic (exact) mass is 212 g/mol. The van der Waals surface area contributed by atoms with Gasteiger partial charge in [0, 0.05) is 0 Å². The van der Waals surface area contributed by atoms with Crippen LogP contribution in [0.5, 0.6) is 0 Å². The van der Waals surface area contributed by atoms with Gasteiger partial charge in [0.05, 0.1) is 0 Å². The highest BCUT2D eigenvalue weighted by molar-refractivity contribution is 4.67. The third-order valence-electron chi connectivity index (χ3n) is 3.61. The molecule has 1 rings (SSSR count). The standard InChI is InChI=1S/C13H28N2/c1-14-10-6-11-15(2)12-9-13-7-4-3-5-8-13/h13-14H,3-12H2,1-2H3. The molecule has 0 spiro atoms. The van der Waals surface area contributed by atoms with Crippen LogP contribution in [0.15, 0.2) is 0 Å². The first-order chi connectivity index (χ1) is 7.33. The topological polar surface area (TPSA) is 15.3 Å². The van der Waals surface area contributed by atoms with Crippen LogP contribution in [0.2, 0.25) is 0 Å². The highest BCUT2D eigenvalue weighted by atomic mass is 15.1. The smallest absolute Gasteiger partial charge is 0.000969 e. The first kappa shape index (κ1) is 13.0. The molecule has 2 nitrogen and oxygen atoms in total. The summed E-state index contributed by atoms with van der Waals surface area (Å²) in [5.41, 5.74) is 0. The Labute approximate surface area is 95.4 Å². The van der Waals surface area contributed by atoms with E-state index in [4.69, 9.17) is 0 Å². The summed E-state index contributed by atoms with van der Waals surface area (Å²) in [5.74, 6) is 1.03. The molecule has 1 N–H and O–H groups in total. The minimum absolute atomic E-state index is 1.03. The van der Waals surface area contributed by atoms with Crippen molar-refractivity contribution in [3.05, 3.63) is 0 Å². The number of hydrogen-bond acceptors (Lipinski definition) is 2. The van der Waals surface area contributed by atoms with Crippen LogP contribution in [0.25, 0.3) is 0 Å². The first-order valence-corrected chi connectivity index (χ1v) is 6.66. The van der Waals surface area contributed by atoms with E-state index in [2.05, 4.69) is 17.3 Å². The van der Waals surface area contributed by atoms with Gasteiger partial charge >= 0.3 is 0 Å². The van der Waals surface area contributed by atoms with Crippen molar-refractivity contribution >= 4 is 0 Å². The van der Waals surface area contributed by atoms with Crippen molar-refractivity contribution in [2.75, 3.05) is 33.7 Å². The van der Waals surface area contributed by atoms with Gasteiger partial charge in [0.1, 0.15) is 0 Å². The minimum Gasteiger partial charge on any atom is -0.320 e. The van der Waals surface area contributed by atoms with E-state index in [1.807, 2.05) is 7.05 Å². The van der Waals surface area contributed by atoms with Crippen molar-refractivity contribution < 1.29 is 0 Å². The van der Waals surface area contributed by atoms with Gasteiger partial charge in [-0.25, -0.2) is 0 Å². The van der Waals surface area contributed by atoms with E-state index in [1.165, 1.54) is 58.0 Å². The fraction of sp³-hybridized carbons (Fsp3) is 1.00. The molecule has 90 valence electrons. The molecule has 0 aromatic carbocycles. The van der Waals surface area contributed by atoms with Crippen molar-refractivity contribution in [1.29, 1.82) is 0 Å². The summed E-state index contributed by atoms with van der Waals surface area (Å²) < 4.78 is 0. The van der Waals surface area contributed by atoms with E-state index in [0.29, 0.717) is 0 Å². The molecule has 0 unspecified atom stereocenters. The predicted octanol–water partition coefficient (Wildman–Crippen LogP) is 2.50. The fourth-order valence-electron chi connectivity index (χ4n) is 2.52. The zero-order chi connectivity index (χ0) is 10.9. The molecule has 15 heavy (non-hydrogen) atoms. The molecule has 0 aliphatic heterocycles. The highest BCUT2D eigenvalue weighted by Crippen LogP contribution is 2.26. The zero-order valence-electron chi connectivity index (χ0n) is 10.6. The molecule has 1 saturated carbocycles. The van der Waals surface area contributed by atoms with Crippen LogP contribution in [-0.4, -0.2) is 38.6 Å². The largest absolute Gasteiger partial charge is 0.320 e. The number of rotatable bonds is 7. The average molecular weight is 212 g/mol. The van der Waals surface area contributed by atoms with Crippen LogP contribution in [0.3, 0.4) is 0 Å². The third-order valence-corrected chi connectivity index (χ3v) is 3.61. The molecule has 0 aromatic rings. The van der Waals surface area contributed by atoms with E-state index in [9.17, 15) is 0 Å². The summed E-state index contributed by atoms with van der Waals surface area (Å²) in [6.07, 6.45) is 10.1. The van der Waals surface area contributed by atoms with Crippen molar-refractivity contribution in [3.63, 3.8) is 0 Å². The number of nitrogens with one attached hydrogen (secondary N) is 1. The Balaban J connectivity index is 1.97. The Morgan fingerprint density at radius 1 is 1.13 bits per heavy atom. The summed E-state index contributed by atoms with van der Waals surface area (Å²) in [4.78, 5) is 2.49. The molecule has 0 aromatic heterocycles. The van der Waals surface area contributed by atoms with Crippen LogP contribution in [0, 0.1) is 5.92 Å². The Morgan fingerprint density at radius 2 is 1.87 bits per heavy atom. The second-order valence-corrected chi connectivity index (χ2v) is 5.05. The molecule has 1 aliphatic carbocycles. The summed E-state index contributed by atoms with van der Waals surface area (Å²) in [6.45, 7) is 3.69. The number of hydrogen-bond donors (Lipinski definition) is 1. The highest BCUT2D eigenvalue weighted by Gasteiger charge is 2.13. The van der Waals surface area contributed by atoms with Crippen LogP contribution in [0.1, 0.15) is 44.9 Å². The van der Waals surface area contributed by atoms with E-state index in [-0.39, 0.29) is 0 Å². The Kier molecular flexibility index (Phi) is 7.03. The summed E-state index contributed by atoms with van der Waals surface area (Å²) >= 11 is 0. The maximum absolute atomic E-state index is 3.20. The molecule has 1 fully saturated rings. The maximum Gasteiger partial charge on any atom is -0.000969 e. The van der Waals surface area contributed by atoms with Gasteiger partial charge in [-0.1, -0.05) is 32.1 Å². The molecule has 0 amide bonds. The lowest BCUT2D eigenvalue weighted by molar-refractivity contribution is 0.263. The van der Waals surface area contributed by atoms with E-state index in [1.54, 1.807) is 0 Å². The Bertz CT molecular complexity index is 141. The molecular weight excluding hydrogens is 184 g/mol. The summed E-state index contributed by atoms with van der Waals surface area (Å²) in [7, 11) is 4.29. The predicted molar refractivity (Wildman–Crippen MR) is 67.2 cm³/mol. The molecule has 0 atom stereocenters. The number of nitrogens with zero attached hydrogens (tertiary/aromatic N) is 1. The minimum atomic E-state index is 1.03. The fourth-order valence-corrected chi connectivity index (χ4v) is 2.52. The average Bonchev–Trinajstić information content (AvgIpc) is 2.28. The van der Waals surface area contributed by atoms with Crippen molar-refractivity contribution in [2.45, 2.75) is 44.9 Å². The van der Waals surface area contributed by atoms with Gasteiger partial charge in [-0.2, -0.15) is 0 Å². The van der Waals surface area contributed by atoms with Crippen molar-refractivity contribution in [3.8, 4) is 0 Å². The third kappa shape index (κ3) is 6.16. The molecule has 2 heteroatoms. The zero-order valence-corrected chi connectivity index (χ0v) is 10.6. The lowest BCUT2D eigenvalue weighted by Crippen LogP contribution is -2.25. The van der Waals surface area contributed by atoms with Gasteiger partial charge in [-0.3, -0.25) is 0 Å². The quantitative estimate of drug-likeness (QED) is 0.652. The molecular formula is C13H28N2. The Morgan fingerprint density at radius 3 is 2.53 bits per heavy atom. The van der Waals surface area contributed by atoms with Gasteiger partial charge in [-0.05, 0) is 52.5 Å². The van der Waals surface area contributed by atoms with Crippen LogP contribution >= 0.6 is 0 Å². The van der Waals surface area contributed by atoms with E-state index >= 15 is 0 Å². The van der Waals surface area contributed by atoms with E-state index < -0.39 is 0 Å². The van der Waals surface area contributed by atoms with Gasteiger partial charge in [0.25, 0.3) is 0 Å². The Hall–Kier alpha value is -0.0800. The first-order valence-electron chi connectivity index (χ1n) is 6.66. The molecule has 0 bridgehead atoms. The lowest BCUT2D eigenvalue weighted by atomic mass is 9.87. The second-order valence-electron chi connectivity index (χ2n) is 5.05.